The number of aliphatic carboxylic acids is 1. The van der Waals surface area contributed by atoms with Crippen LogP contribution >= 0.6 is 0 Å². The Bertz CT molecular complexity index is 1040. The van der Waals surface area contributed by atoms with Gasteiger partial charge in [0.05, 0.1) is 25.2 Å². The largest absolute Gasteiger partial charge is 0.481 e. The van der Waals surface area contributed by atoms with E-state index in [1.807, 2.05) is 55.5 Å². The van der Waals surface area contributed by atoms with Crippen LogP contribution in [0.3, 0.4) is 0 Å². The molecule has 4 rings (SSSR count). The molecule has 2 amide bonds. The van der Waals surface area contributed by atoms with Crippen LogP contribution in [0, 0.1) is 0 Å². The van der Waals surface area contributed by atoms with Crippen molar-refractivity contribution in [1.29, 1.82) is 0 Å². The molecule has 2 aliphatic rings. The van der Waals surface area contributed by atoms with Crippen LogP contribution in [0.4, 0.5) is 4.79 Å². The lowest BCUT2D eigenvalue weighted by atomic mass is 9.98. The first-order valence-corrected chi connectivity index (χ1v) is 11.7. The highest BCUT2D eigenvalue weighted by Gasteiger charge is 2.32. The van der Waals surface area contributed by atoms with Gasteiger partial charge in [-0.05, 0) is 29.2 Å². The average Bonchev–Trinajstić information content (AvgIpc) is 3.41. The summed E-state index contributed by atoms with van der Waals surface area (Å²) in [5.41, 5.74) is 3.93. The van der Waals surface area contributed by atoms with E-state index in [9.17, 15) is 19.5 Å². The van der Waals surface area contributed by atoms with Crippen molar-refractivity contribution in [3.63, 3.8) is 0 Å². The number of hydrogen-bond acceptors (Lipinski definition) is 6. The molecule has 1 aliphatic heterocycles. The Kier molecular flexibility index (Phi) is 7.67. The summed E-state index contributed by atoms with van der Waals surface area (Å²) in [6.45, 7) is 3.55. The van der Waals surface area contributed by atoms with Gasteiger partial charge in [-0.1, -0.05) is 48.5 Å². The van der Waals surface area contributed by atoms with Gasteiger partial charge in [-0.25, -0.2) is 4.79 Å². The summed E-state index contributed by atoms with van der Waals surface area (Å²) in [6.07, 6.45) is -0.644. The van der Waals surface area contributed by atoms with Crippen molar-refractivity contribution in [3.05, 3.63) is 59.7 Å². The number of carbonyl (C=O) groups excluding carboxylic acids is 2. The molecule has 2 atom stereocenters. The van der Waals surface area contributed by atoms with Gasteiger partial charge in [-0.3, -0.25) is 9.59 Å². The van der Waals surface area contributed by atoms with E-state index in [0.717, 1.165) is 28.7 Å². The van der Waals surface area contributed by atoms with E-state index in [0.29, 0.717) is 13.2 Å². The molecule has 1 saturated heterocycles. The van der Waals surface area contributed by atoms with Crippen LogP contribution in [0.1, 0.15) is 36.8 Å². The smallest absolute Gasteiger partial charge is 0.407 e. The highest BCUT2D eigenvalue weighted by Crippen LogP contribution is 2.44. The van der Waals surface area contributed by atoms with Crippen molar-refractivity contribution in [2.75, 3.05) is 33.0 Å². The SMILES string of the molecule is CC1(OCCNC(=O)C(CC(=O)O)NC(=O)OCC2c3ccccc3-c3ccccc32)CCOC1. The van der Waals surface area contributed by atoms with Gasteiger partial charge in [0, 0.05) is 25.5 Å². The molecule has 2 aromatic carbocycles. The molecule has 2 aromatic rings. The molecule has 9 nitrogen and oxygen atoms in total. The lowest BCUT2D eigenvalue weighted by molar-refractivity contribution is -0.139. The third-order valence-corrected chi connectivity index (χ3v) is 6.37. The fraction of sp³-hybridized carbons (Fsp3) is 0.423. The van der Waals surface area contributed by atoms with E-state index < -0.39 is 30.4 Å². The highest BCUT2D eigenvalue weighted by molar-refractivity contribution is 5.89. The number of carboxylic acids is 1. The number of rotatable bonds is 10. The first kappa shape index (κ1) is 24.7. The quantitative estimate of drug-likeness (QED) is 0.445. The van der Waals surface area contributed by atoms with Crippen LogP contribution < -0.4 is 10.6 Å². The predicted molar refractivity (Wildman–Crippen MR) is 127 cm³/mol. The minimum absolute atomic E-state index is 0.0652. The summed E-state index contributed by atoms with van der Waals surface area (Å²) in [5.74, 6) is -1.97. The molecule has 2 unspecified atom stereocenters. The Balaban J connectivity index is 1.31. The maximum absolute atomic E-state index is 12.6. The van der Waals surface area contributed by atoms with Gasteiger partial charge in [0.2, 0.25) is 5.91 Å². The van der Waals surface area contributed by atoms with E-state index in [4.69, 9.17) is 14.2 Å². The second-order valence-corrected chi connectivity index (χ2v) is 9.01. The minimum atomic E-state index is -1.27. The molecule has 186 valence electrons. The number of fused-ring (bicyclic) bond motifs is 3. The third kappa shape index (κ3) is 5.98. The van der Waals surface area contributed by atoms with Crippen LogP contribution in [0.25, 0.3) is 11.1 Å². The average molecular weight is 483 g/mol. The maximum atomic E-state index is 12.6. The summed E-state index contributed by atoms with van der Waals surface area (Å²) >= 11 is 0. The molecule has 35 heavy (non-hydrogen) atoms. The van der Waals surface area contributed by atoms with Crippen molar-refractivity contribution in [3.8, 4) is 11.1 Å². The third-order valence-electron chi connectivity index (χ3n) is 6.37. The Hall–Kier alpha value is -3.43. The van der Waals surface area contributed by atoms with Crippen molar-refractivity contribution in [2.24, 2.45) is 0 Å². The van der Waals surface area contributed by atoms with Gasteiger partial charge in [0.1, 0.15) is 12.6 Å². The van der Waals surface area contributed by atoms with Crippen molar-refractivity contribution >= 4 is 18.0 Å². The van der Waals surface area contributed by atoms with E-state index >= 15 is 0 Å². The topological polar surface area (TPSA) is 123 Å². The number of ether oxygens (including phenoxy) is 3. The van der Waals surface area contributed by atoms with Gasteiger partial charge < -0.3 is 30.0 Å². The van der Waals surface area contributed by atoms with Crippen LogP contribution in [-0.4, -0.2) is 67.7 Å². The Morgan fingerprint density at radius 3 is 2.37 bits per heavy atom. The van der Waals surface area contributed by atoms with E-state index in [1.165, 1.54) is 0 Å². The summed E-state index contributed by atoms with van der Waals surface area (Å²) in [4.78, 5) is 36.3. The fourth-order valence-corrected chi connectivity index (χ4v) is 4.52. The number of nitrogens with one attached hydrogen (secondary N) is 2. The standard InChI is InChI=1S/C26H30N2O7/c1-26(10-12-33-16-26)35-13-11-27-24(31)22(14-23(29)30)28-25(32)34-15-21-19-8-4-2-6-17(19)18-7-3-5-9-20(18)21/h2-9,21-22H,10-16H2,1H3,(H,27,31)(H,28,32)(H,29,30). The summed E-state index contributed by atoms with van der Waals surface area (Å²) in [5, 5.41) is 14.2. The molecule has 0 saturated carbocycles. The summed E-state index contributed by atoms with van der Waals surface area (Å²) < 4.78 is 16.5. The molecule has 0 spiro atoms. The van der Waals surface area contributed by atoms with Crippen LogP contribution in [0.2, 0.25) is 0 Å². The van der Waals surface area contributed by atoms with Gasteiger partial charge >= 0.3 is 12.1 Å². The van der Waals surface area contributed by atoms with Crippen molar-refractivity contribution in [2.45, 2.75) is 37.3 Å². The minimum Gasteiger partial charge on any atom is -0.481 e. The maximum Gasteiger partial charge on any atom is 0.407 e. The van der Waals surface area contributed by atoms with Crippen molar-refractivity contribution in [1.82, 2.24) is 10.6 Å². The first-order valence-electron chi connectivity index (χ1n) is 11.7. The molecule has 9 heteroatoms. The number of amides is 2. The lowest BCUT2D eigenvalue weighted by Crippen LogP contribution is -2.49. The summed E-state index contributed by atoms with van der Waals surface area (Å²) in [6, 6.07) is 14.6. The van der Waals surface area contributed by atoms with Gasteiger partial charge in [0.25, 0.3) is 0 Å². The number of benzene rings is 2. The molecule has 3 N–H and O–H groups in total. The number of carboxylic acid groups (broad SMARTS) is 1. The first-order chi connectivity index (χ1) is 16.9. The summed E-state index contributed by atoms with van der Waals surface area (Å²) in [7, 11) is 0. The van der Waals surface area contributed by atoms with Gasteiger partial charge in [0.15, 0.2) is 0 Å². The van der Waals surface area contributed by atoms with Crippen LogP contribution in [0.5, 0.6) is 0 Å². The molecule has 1 heterocycles. The second kappa shape index (κ2) is 10.9. The lowest BCUT2D eigenvalue weighted by Gasteiger charge is -2.23. The van der Waals surface area contributed by atoms with Crippen LogP contribution in [0.15, 0.2) is 48.5 Å². The highest BCUT2D eigenvalue weighted by atomic mass is 16.6. The number of carbonyl (C=O) groups is 3. The van der Waals surface area contributed by atoms with E-state index in [-0.39, 0.29) is 31.3 Å². The normalized spacial score (nSPS) is 19.5. The zero-order chi connectivity index (χ0) is 24.8. The molecular formula is C26H30N2O7. The molecule has 0 radical (unpaired) electrons. The number of alkyl carbamates (subject to hydrolysis) is 1. The van der Waals surface area contributed by atoms with E-state index in [1.54, 1.807) is 0 Å². The molecule has 1 aliphatic carbocycles. The Morgan fingerprint density at radius 2 is 1.77 bits per heavy atom. The van der Waals surface area contributed by atoms with Gasteiger partial charge in [-0.15, -0.1) is 0 Å². The molecule has 1 fully saturated rings. The van der Waals surface area contributed by atoms with Gasteiger partial charge in [-0.2, -0.15) is 0 Å². The monoisotopic (exact) mass is 482 g/mol. The predicted octanol–water partition coefficient (Wildman–Crippen LogP) is 2.68. The Morgan fingerprint density at radius 1 is 1.11 bits per heavy atom. The van der Waals surface area contributed by atoms with E-state index in [2.05, 4.69) is 10.6 Å². The fourth-order valence-electron chi connectivity index (χ4n) is 4.52. The zero-order valence-corrected chi connectivity index (χ0v) is 19.6. The molecule has 0 aromatic heterocycles. The van der Waals surface area contributed by atoms with Crippen molar-refractivity contribution < 1.29 is 33.7 Å². The second-order valence-electron chi connectivity index (χ2n) is 9.01. The Labute approximate surface area is 203 Å². The number of hydrogen-bond donors (Lipinski definition) is 3. The van der Waals surface area contributed by atoms with Crippen LogP contribution in [-0.2, 0) is 23.8 Å². The zero-order valence-electron chi connectivity index (χ0n) is 19.6. The molecule has 0 bridgehead atoms. The molecular weight excluding hydrogens is 452 g/mol.